The number of hydrogen-bond donors (Lipinski definition) is 2. The first-order valence-electron chi connectivity index (χ1n) is 11.8. The molecule has 7 nitrogen and oxygen atoms in total. The van der Waals surface area contributed by atoms with E-state index >= 15 is 0 Å². The molecule has 33 heavy (non-hydrogen) atoms. The third kappa shape index (κ3) is 4.54. The van der Waals surface area contributed by atoms with E-state index in [9.17, 15) is 9.59 Å². The highest BCUT2D eigenvalue weighted by molar-refractivity contribution is 14.0. The topological polar surface area (TPSA) is 78.7 Å². The van der Waals surface area contributed by atoms with Crippen molar-refractivity contribution in [3.63, 3.8) is 0 Å². The second kappa shape index (κ2) is 10.3. The Kier molecular flexibility index (Phi) is 7.41. The van der Waals surface area contributed by atoms with Crippen molar-refractivity contribution in [3.05, 3.63) is 48.7 Å². The Hall–Kier alpha value is -2.36. The van der Waals surface area contributed by atoms with Crippen LogP contribution in [-0.2, 0) is 16.1 Å². The van der Waals surface area contributed by atoms with Gasteiger partial charge in [0.15, 0.2) is 5.96 Å². The third-order valence-electron chi connectivity index (χ3n) is 7.04. The van der Waals surface area contributed by atoms with Crippen LogP contribution < -0.4 is 10.6 Å². The van der Waals surface area contributed by atoms with Crippen molar-refractivity contribution in [1.82, 2.24) is 20.1 Å². The zero-order valence-electron chi connectivity index (χ0n) is 18.9. The molecule has 1 saturated carbocycles. The van der Waals surface area contributed by atoms with Gasteiger partial charge >= 0.3 is 0 Å². The predicted octanol–water partition coefficient (Wildman–Crippen LogP) is 3.01. The molecule has 0 spiro atoms. The summed E-state index contributed by atoms with van der Waals surface area (Å²) in [5.41, 5.74) is 1.25. The number of fused-ring (bicyclic) bond motifs is 6. The number of nitrogens with one attached hydrogen (secondary N) is 2. The molecule has 2 bridgehead atoms. The van der Waals surface area contributed by atoms with Gasteiger partial charge in [-0.15, -0.1) is 24.0 Å². The lowest BCUT2D eigenvalue weighted by atomic mass is 9.85. The van der Waals surface area contributed by atoms with Crippen LogP contribution in [0, 0.1) is 23.7 Å². The van der Waals surface area contributed by atoms with Gasteiger partial charge in [0, 0.05) is 44.4 Å². The number of guanidine groups is 1. The van der Waals surface area contributed by atoms with Crippen molar-refractivity contribution in [2.45, 2.75) is 26.3 Å². The Morgan fingerprint density at radius 3 is 2.48 bits per heavy atom. The van der Waals surface area contributed by atoms with E-state index in [1.165, 1.54) is 15.8 Å². The number of imide groups is 1. The lowest BCUT2D eigenvalue weighted by Gasteiger charge is -2.18. The third-order valence-corrected chi connectivity index (χ3v) is 7.04. The number of benzene rings is 1. The smallest absolute Gasteiger partial charge is 0.233 e. The SMILES string of the molecule is CCNC(=NCCCn1ccc2ccccc21)NCCN1C(=O)C2C3C=CC(C3)C2C1=O.I. The Bertz CT molecular complexity index is 1050. The van der Waals surface area contributed by atoms with E-state index < -0.39 is 0 Å². The molecular formula is C25H32IN5O2. The van der Waals surface area contributed by atoms with Gasteiger partial charge in [0.2, 0.25) is 11.8 Å². The van der Waals surface area contributed by atoms with E-state index in [-0.39, 0.29) is 59.5 Å². The first kappa shape index (κ1) is 23.8. The number of allylic oxidation sites excluding steroid dienone is 2. The lowest BCUT2D eigenvalue weighted by molar-refractivity contribution is -0.140. The fraction of sp³-hybridized carbons (Fsp3) is 0.480. The van der Waals surface area contributed by atoms with E-state index in [0.29, 0.717) is 19.6 Å². The summed E-state index contributed by atoms with van der Waals surface area (Å²) in [4.78, 5) is 31.7. The minimum atomic E-state index is -0.121. The van der Waals surface area contributed by atoms with Crippen molar-refractivity contribution in [1.29, 1.82) is 0 Å². The molecular weight excluding hydrogens is 529 g/mol. The summed E-state index contributed by atoms with van der Waals surface area (Å²) in [6.45, 7) is 5.29. The summed E-state index contributed by atoms with van der Waals surface area (Å²) in [7, 11) is 0. The van der Waals surface area contributed by atoms with Crippen LogP contribution in [-0.4, -0.2) is 53.4 Å². The minimum absolute atomic E-state index is 0. The average Bonchev–Trinajstić information content (AvgIpc) is 3.56. The van der Waals surface area contributed by atoms with Crippen LogP contribution in [0.25, 0.3) is 10.9 Å². The summed E-state index contributed by atoms with van der Waals surface area (Å²) >= 11 is 0. The molecule has 4 atom stereocenters. The van der Waals surface area contributed by atoms with Gasteiger partial charge in [-0.05, 0) is 49.1 Å². The van der Waals surface area contributed by atoms with Crippen molar-refractivity contribution in [3.8, 4) is 0 Å². The highest BCUT2D eigenvalue weighted by atomic mass is 127. The van der Waals surface area contributed by atoms with E-state index in [1.54, 1.807) is 0 Å². The summed E-state index contributed by atoms with van der Waals surface area (Å²) in [6, 6.07) is 10.5. The molecule has 8 heteroatoms. The highest BCUT2D eigenvalue weighted by Crippen LogP contribution is 2.52. The van der Waals surface area contributed by atoms with Gasteiger partial charge in [0.1, 0.15) is 0 Å². The molecule has 2 heterocycles. The maximum atomic E-state index is 12.8. The number of nitrogens with zero attached hydrogens (tertiary/aromatic N) is 3. The quantitative estimate of drug-likeness (QED) is 0.130. The molecule has 2 N–H and O–H groups in total. The molecule has 2 amide bonds. The second-order valence-electron chi connectivity index (χ2n) is 8.94. The van der Waals surface area contributed by atoms with Gasteiger partial charge in [-0.2, -0.15) is 0 Å². The molecule has 2 fully saturated rings. The largest absolute Gasteiger partial charge is 0.357 e. The van der Waals surface area contributed by atoms with Crippen LogP contribution in [0.4, 0.5) is 0 Å². The number of aryl methyl sites for hydroxylation is 1. The number of para-hydroxylation sites is 1. The second-order valence-corrected chi connectivity index (χ2v) is 8.94. The summed E-state index contributed by atoms with van der Waals surface area (Å²) in [5.74, 6) is 1.03. The molecule has 2 aromatic rings. The fourth-order valence-corrected chi connectivity index (χ4v) is 5.58. The predicted molar refractivity (Wildman–Crippen MR) is 140 cm³/mol. The van der Waals surface area contributed by atoms with Crippen LogP contribution in [0.2, 0.25) is 0 Å². The number of carbonyl (C=O) groups excluding carboxylic acids is 2. The first-order valence-corrected chi connectivity index (χ1v) is 11.8. The molecule has 1 aromatic carbocycles. The first-order chi connectivity index (χ1) is 15.7. The number of amides is 2. The maximum Gasteiger partial charge on any atom is 0.233 e. The summed E-state index contributed by atoms with van der Waals surface area (Å²) in [6.07, 6.45) is 8.28. The van der Waals surface area contributed by atoms with E-state index in [1.807, 2.05) is 6.92 Å². The van der Waals surface area contributed by atoms with Crippen LogP contribution >= 0.6 is 24.0 Å². The normalized spacial score (nSPS) is 25.6. The summed E-state index contributed by atoms with van der Waals surface area (Å²) < 4.78 is 2.26. The Morgan fingerprint density at radius 2 is 1.76 bits per heavy atom. The Balaban J connectivity index is 0.00000259. The number of carbonyl (C=O) groups is 2. The number of aromatic nitrogens is 1. The number of halogens is 1. The number of hydrogen-bond acceptors (Lipinski definition) is 3. The van der Waals surface area contributed by atoms with Crippen LogP contribution in [0.15, 0.2) is 53.7 Å². The van der Waals surface area contributed by atoms with Crippen LogP contribution in [0.5, 0.6) is 0 Å². The molecule has 4 unspecified atom stereocenters. The van der Waals surface area contributed by atoms with Crippen LogP contribution in [0.1, 0.15) is 19.8 Å². The molecule has 1 aromatic heterocycles. The molecule has 2 aliphatic carbocycles. The number of likely N-dealkylation sites (tertiary alicyclic amines) is 1. The average molecular weight is 561 g/mol. The Morgan fingerprint density at radius 1 is 1.03 bits per heavy atom. The van der Waals surface area contributed by atoms with E-state index in [2.05, 4.69) is 68.9 Å². The standard InChI is InChI=1S/C25H31N5O2.HI/c1-2-26-25(27-11-5-13-29-14-10-17-6-3-4-7-20(17)29)28-12-15-30-23(31)21-18-8-9-19(16-18)22(21)24(30)32;/h3-4,6-10,14,18-19,21-22H,2,5,11-13,15-16H2,1H3,(H2,26,27,28);1H. The Labute approximate surface area is 211 Å². The zero-order chi connectivity index (χ0) is 22.1. The van der Waals surface area contributed by atoms with E-state index in [0.717, 1.165) is 31.9 Å². The fourth-order valence-electron chi connectivity index (χ4n) is 5.58. The van der Waals surface area contributed by atoms with Gasteiger partial charge in [-0.25, -0.2) is 0 Å². The minimum Gasteiger partial charge on any atom is -0.357 e. The summed E-state index contributed by atoms with van der Waals surface area (Å²) in [5, 5.41) is 7.79. The zero-order valence-corrected chi connectivity index (χ0v) is 21.3. The molecule has 1 saturated heterocycles. The van der Waals surface area contributed by atoms with E-state index in [4.69, 9.17) is 0 Å². The van der Waals surface area contributed by atoms with Crippen molar-refractivity contribution in [2.24, 2.45) is 28.7 Å². The molecule has 5 rings (SSSR count). The van der Waals surface area contributed by atoms with Gasteiger partial charge in [-0.1, -0.05) is 30.4 Å². The maximum absolute atomic E-state index is 12.8. The van der Waals surface area contributed by atoms with Gasteiger partial charge in [0.25, 0.3) is 0 Å². The number of rotatable bonds is 8. The lowest BCUT2D eigenvalue weighted by Crippen LogP contribution is -2.43. The van der Waals surface area contributed by atoms with Crippen molar-refractivity contribution in [2.75, 3.05) is 26.2 Å². The monoisotopic (exact) mass is 561 g/mol. The van der Waals surface area contributed by atoms with Crippen LogP contribution in [0.3, 0.4) is 0 Å². The molecule has 176 valence electrons. The van der Waals surface area contributed by atoms with Gasteiger partial charge in [-0.3, -0.25) is 19.5 Å². The molecule has 0 radical (unpaired) electrons. The highest BCUT2D eigenvalue weighted by Gasteiger charge is 2.58. The number of aliphatic imine (C=N–C) groups is 1. The van der Waals surface area contributed by atoms with Gasteiger partial charge in [0.05, 0.1) is 11.8 Å². The van der Waals surface area contributed by atoms with Crippen molar-refractivity contribution < 1.29 is 9.59 Å². The molecule has 1 aliphatic heterocycles. The van der Waals surface area contributed by atoms with Gasteiger partial charge < -0.3 is 15.2 Å². The van der Waals surface area contributed by atoms with Crippen molar-refractivity contribution >= 4 is 52.7 Å². The molecule has 3 aliphatic rings.